The second-order valence-corrected chi connectivity index (χ2v) is 5.91. The third-order valence-electron chi connectivity index (χ3n) is 2.10. The molecule has 0 aliphatic carbocycles. The zero-order valence-electron chi connectivity index (χ0n) is 10.8. The second-order valence-electron chi connectivity index (χ2n) is 3.81. The van der Waals surface area contributed by atoms with E-state index in [1.54, 1.807) is 0 Å². The lowest BCUT2D eigenvalue weighted by Crippen LogP contribution is -2.25. The maximum atomic E-state index is 5.77. The Bertz CT molecular complexity index is 148. The highest BCUT2D eigenvalue weighted by Gasteiger charge is 2.11. The molecule has 0 spiro atoms. The molecular weight excluding hydrogens is 218 g/mol. The Labute approximate surface area is 102 Å². The summed E-state index contributed by atoms with van der Waals surface area (Å²) in [5, 5.41) is 3.30. The van der Waals surface area contributed by atoms with Crippen LogP contribution in [-0.4, -0.2) is 35.6 Å². The molecule has 0 atom stereocenters. The smallest absolute Gasteiger partial charge is 0.321 e. The average Bonchev–Trinajstić information content (AvgIpc) is 2.31. The molecule has 0 amide bonds. The maximum absolute atomic E-state index is 5.77. The van der Waals surface area contributed by atoms with Crippen LogP contribution in [0.3, 0.4) is 0 Å². The Balaban J connectivity index is 3.51. The average molecular weight is 245 g/mol. The normalized spacial score (nSPS) is 10.9. The zero-order valence-corrected chi connectivity index (χ0v) is 12.0. The Morgan fingerprint density at radius 1 is 1.19 bits per heavy atom. The van der Waals surface area contributed by atoms with Crippen LogP contribution in [0.25, 0.3) is 0 Å². The molecule has 0 bridgehead atoms. The molecular formula is C12H27NO2Si. The second kappa shape index (κ2) is 12.9. The van der Waals surface area contributed by atoms with Crippen molar-refractivity contribution in [3.63, 3.8) is 0 Å². The summed E-state index contributed by atoms with van der Waals surface area (Å²) in [6, 6.07) is 1.10. The van der Waals surface area contributed by atoms with E-state index < -0.39 is 9.28 Å². The van der Waals surface area contributed by atoms with Gasteiger partial charge in [-0.2, -0.15) is 0 Å². The van der Waals surface area contributed by atoms with E-state index in [2.05, 4.69) is 25.7 Å². The van der Waals surface area contributed by atoms with Crippen molar-refractivity contribution >= 4 is 9.28 Å². The number of nitrogens with one attached hydrogen (secondary N) is 1. The number of hydrogen-bond acceptors (Lipinski definition) is 3. The molecule has 0 aromatic rings. The molecule has 4 heteroatoms. The summed E-state index contributed by atoms with van der Waals surface area (Å²) in [7, 11) is -1.39. The van der Waals surface area contributed by atoms with Gasteiger partial charge >= 0.3 is 9.28 Å². The summed E-state index contributed by atoms with van der Waals surface area (Å²) in [5.74, 6) is 0. The number of hydrogen-bond donors (Lipinski definition) is 1. The highest BCUT2D eigenvalue weighted by Crippen LogP contribution is 2.02. The Kier molecular flexibility index (Phi) is 12.8. The summed E-state index contributed by atoms with van der Waals surface area (Å²) < 4.78 is 11.5. The van der Waals surface area contributed by atoms with E-state index in [9.17, 15) is 0 Å². The lowest BCUT2D eigenvalue weighted by Gasteiger charge is -2.16. The summed E-state index contributed by atoms with van der Waals surface area (Å²) in [4.78, 5) is 0. The van der Waals surface area contributed by atoms with E-state index in [0.29, 0.717) is 0 Å². The van der Waals surface area contributed by atoms with E-state index in [1.165, 1.54) is 0 Å². The molecule has 0 aliphatic rings. The van der Waals surface area contributed by atoms with E-state index in [-0.39, 0.29) is 0 Å². The van der Waals surface area contributed by atoms with Crippen LogP contribution in [0.5, 0.6) is 0 Å². The lowest BCUT2D eigenvalue weighted by molar-refractivity contribution is 0.196. The van der Waals surface area contributed by atoms with Crippen LogP contribution in [0.1, 0.15) is 33.1 Å². The molecule has 16 heavy (non-hydrogen) atoms. The fourth-order valence-corrected chi connectivity index (χ4v) is 3.28. The molecule has 1 N–H and O–H groups in total. The molecule has 3 nitrogen and oxygen atoms in total. The van der Waals surface area contributed by atoms with Gasteiger partial charge < -0.3 is 14.2 Å². The summed E-state index contributed by atoms with van der Waals surface area (Å²) >= 11 is 0. The maximum Gasteiger partial charge on any atom is 0.321 e. The minimum atomic E-state index is -1.39. The fraction of sp³-hybridized carbons (Fsp3) is 0.833. The molecule has 0 radical (unpaired) electrons. The van der Waals surface area contributed by atoms with Crippen LogP contribution in [0.4, 0.5) is 0 Å². The van der Waals surface area contributed by atoms with Crippen LogP contribution in [0, 0.1) is 0 Å². The topological polar surface area (TPSA) is 30.5 Å². The third-order valence-corrected chi connectivity index (χ3v) is 4.19. The largest absolute Gasteiger partial charge is 0.397 e. The first-order valence-corrected chi connectivity index (χ1v) is 8.15. The van der Waals surface area contributed by atoms with Crippen molar-refractivity contribution < 1.29 is 8.85 Å². The standard InChI is InChI=1S/C12H27NO2Si/c1-4-8-13-9-7-12-16(14-10-5-2)15-11-6-3/h4,13,16H,1,5-12H2,2-3H3. The predicted molar refractivity (Wildman–Crippen MR) is 72.1 cm³/mol. The molecule has 0 rings (SSSR count). The van der Waals surface area contributed by atoms with Crippen LogP contribution in [0.15, 0.2) is 12.7 Å². The van der Waals surface area contributed by atoms with Crippen molar-refractivity contribution in [2.24, 2.45) is 0 Å². The highest BCUT2D eigenvalue weighted by molar-refractivity contribution is 6.44. The molecule has 0 aromatic carbocycles. The summed E-state index contributed by atoms with van der Waals surface area (Å²) in [6.45, 7) is 11.6. The minimum absolute atomic E-state index is 0.848. The minimum Gasteiger partial charge on any atom is -0.397 e. The van der Waals surface area contributed by atoms with E-state index in [1.807, 2.05) is 6.08 Å². The monoisotopic (exact) mass is 245 g/mol. The van der Waals surface area contributed by atoms with Crippen molar-refractivity contribution in [2.45, 2.75) is 39.2 Å². The molecule has 0 aromatic heterocycles. The highest BCUT2D eigenvalue weighted by atomic mass is 28.3. The SMILES string of the molecule is C=CCNCCC[SiH](OCCC)OCCC. The van der Waals surface area contributed by atoms with Crippen molar-refractivity contribution in [1.29, 1.82) is 0 Å². The Morgan fingerprint density at radius 3 is 2.31 bits per heavy atom. The van der Waals surface area contributed by atoms with Gasteiger partial charge in [-0.25, -0.2) is 0 Å². The summed E-state index contributed by atoms with van der Waals surface area (Å²) in [5.41, 5.74) is 0. The third kappa shape index (κ3) is 10.4. The molecule has 0 aliphatic heterocycles. The quantitative estimate of drug-likeness (QED) is 0.325. The Morgan fingerprint density at radius 2 is 1.81 bits per heavy atom. The van der Waals surface area contributed by atoms with E-state index in [4.69, 9.17) is 8.85 Å². The van der Waals surface area contributed by atoms with Crippen molar-refractivity contribution in [3.8, 4) is 0 Å². The predicted octanol–water partition coefficient (Wildman–Crippen LogP) is 2.23. The van der Waals surface area contributed by atoms with Gasteiger partial charge in [-0.15, -0.1) is 6.58 Å². The van der Waals surface area contributed by atoms with Gasteiger partial charge in [0.1, 0.15) is 0 Å². The van der Waals surface area contributed by atoms with Gasteiger partial charge in [-0.1, -0.05) is 19.9 Å². The molecule has 0 saturated heterocycles. The van der Waals surface area contributed by atoms with Gasteiger partial charge in [0.15, 0.2) is 0 Å². The molecule has 96 valence electrons. The van der Waals surface area contributed by atoms with Crippen LogP contribution in [-0.2, 0) is 8.85 Å². The van der Waals surface area contributed by atoms with Crippen molar-refractivity contribution in [1.82, 2.24) is 5.32 Å². The first kappa shape index (κ1) is 15.8. The molecule has 0 heterocycles. The van der Waals surface area contributed by atoms with Gasteiger partial charge in [0.2, 0.25) is 0 Å². The molecule has 0 saturated carbocycles. The van der Waals surface area contributed by atoms with Gasteiger partial charge in [-0.3, -0.25) is 0 Å². The van der Waals surface area contributed by atoms with Gasteiger partial charge in [-0.05, 0) is 31.9 Å². The van der Waals surface area contributed by atoms with E-state index >= 15 is 0 Å². The molecule has 0 fully saturated rings. The van der Waals surface area contributed by atoms with Gasteiger partial charge in [0.05, 0.1) is 0 Å². The fourth-order valence-electron chi connectivity index (χ4n) is 1.31. The molecule has 0 unspecified atom stereocenters. The van der Waals surface area contributed by atoms with Gasteiger partial charge in [0, 0.05) is 19.8 Å². The zero-order chi connectivity index (χ0) is 12.1. The van der Waals surface area contributed by atoms with Crippen LogP contribution in [0.2, 0.25) is 6.04 Å². The Hall–Kier alpha value is -0.163. The van der Waals surface area contributed by atoms with Crippen LogP contribution < -0.4 is 5.32 Å². The van der Waals surface area contributed by atoms with Crippen molar-refractivity contribution in [3.05, 3.63) is 12.7 Å². The first-order chi connectivity index (χ1) is 7.85. The number of rotatable bonds is 12. The van der Waals surface area contributed by atoms with E-state index in [0.717, 1.165) is 51.6 Å². The summed E-state index contributed by atoms with van der Waals surface area (Å²) in [6.07, 6.45) is 5.18. The van der Waals surface area contributed by atoms with Crippen molar-refractivity contribution in [2.75, 3.05) is 26.3 Å². The van der Waals surface area contributed by atoms with Gasteiger partial charge in [0.25, 0.3) is 0 Å². The lowest BCUT2D eigenvalue weighted by atomic mass is 10.4. The van der Waals surface area contributed by atoms with Crippen LogP contribution >= 0.6 is 0 Å². The first-order valence-electron chi connectivity index (χ1n) is 6.39.